The number of nitrogens with zero attached hydrogens (tertiary/aromatic N) is 1. The molecule has 1 aromatic carbocycles. The molecule has 3 N–H and O–H groups in total. The average molecular weight is 389 g/mol. The molecule has 2 rings (SSSR count). The van der Waals surface area contributed by atoms with E-state index in [1.165, 1.54) is 11.0 Å². The van der Waals surface area contributed by atoms with E-state index >= 15 is 0 Å². The molecule has 1 heterocycles. The number of carbonyl (C=O) groups is 2. The number of aliphatic carboxylic acids is 1. The molecule has 23 heavy (non-hydrogen) atoms. The molecule has 0 aliphatic carbocycles. The Morgan fingerprint density at radius 2 is 1.96 bits per heavy atom. The zero-order valence-corrected chi connectivity index (χ0v) is 14.0. The zero-order valence-electron chi connectivity index (χ0n) is 12.4. The van der Waals surface area contributed by atoms with Crippen LogP contribution in [0.4, 0.5) is 14.9 Å². The van der Waals surface area contributed by atoms with E-state index in [0.717, 1.165) is 0 Å². The van der Waals surface area contributed by atoms with Crippen molar-refractivity contribution in [3.8, 4) is 0 Å². The van der Waals surface area contributed by atoms with Crippen LogP contribution >= 0.6 is 15.9 Å². The maximum absolute atomic E-state index is 13.7. The molecule has 1 amide bonds. The van der Waals surface area contributed by atoms with Gasteiger partial charge in [-0.2, -0.15) is 0 Å². The van der Waals surface area contributed by atoms with Crippen LogP contribution in [-0.2, 0) is 4.79 Å². The van der Waals surface area contributed by atoms with Crippen LogP contribution in [0, 0.1) is 11.2 Å². The standard InChI is InChI=1S/C15H18BrFN2O4/c16-10-1-2-12(11(17)9-10)18-6-3-15(13(20)21)4-7-19(8-5-15)14(22)23/h1-2,9,18H,3-8H2,(H,20,21)(H,22,23). The normalized spacial score (nSPS) is 16.9. The summed E-state index contributed by atoms with van der Waals surface area (Å²) in [6, 6.07) is 4.62. The third kappa shape index (κ3) is 4.13. The maximum atomic E-state index is 13.7. The number of hydrogen-bond donors (Lipinski definition) is 3. The van der Waals surface area contributed by atoms with E-state index in [9.17, 15) is 19.1 Å². The Bertz CT molecular complexity index is 603. The van der Waals surface area contributed by atoms with Crippen molar-refractivity contribution in [1.29, 1.82) is 0 Å². The molecule has 1 aromatic rings. The van der Waals surface area contributed by atoms with Crippen molar-refractivity contribution in [3.63, 3.8) is 0 Å². The van der Waals surface area contributed by atoms with Gasteiger partial charge in [0, 0.05) is 24.1 Å². The molecule has 8 heteroatoms. The van der Waals surface area contributed by atoms with E-state index in [-0.39, 0.29) is 25.9 Å². The second-order valence-corrected chi connectivity index (χ2v) is 6.57. The first-order chi connectivity index (χ1) is 10.8. The molecule has 1 aliphatic rings. The highest BCUT2D eigenvalue weighted by Crippen LogP contribution is 2.35. The third-order valence-electron chi connectivity index (χ3n) is 4.29. The predicted molar refractivity (Wildman–Crippen MR) is 86.1 cm³/mol. The number of anilines is 1. The smallest absolute Gasteiger partial charge is 0.407 e. The van der Waals surface area contributed by atoms with Crippen LogP contribution in [0.15, 0.2) is 22.7 Å². The van der Waals surface area contributed by atoms with Gasteiger partial charge in [-0.15, -0.1) is 0 Å². The quantitative estimate of drug-likeness (QED) is 0.720. The lowest BCUT2D eigenvalue weighted by Gasteiger charge is -2.37. The molecule has 1 aliphatic heterocycles. The van der Waals surface area contributed by atoms with Gasteiger partial charge in [0.25, 0.3) is 0 Å². The van der Waals surface area contributed by atoms with Crippen LogP contribution in [0.3, 0.4) is 0 Å². The van der Waals surface area contributed by atoms with E-state index in [1.54, 1.807) is 12.1 Å². The van der Waals surface area contributed by atoms with Gasteiger partial charge in [-0.05, 0) is 37.5 Å². The van der Waals surface area contributed by atoms with Gasteiger partial charge < -0.3 is 20.4 Å². The van der Waals surface area contributed by atoms with Gasteiger partial charge >= 0.3 is 12.1 Å². The van der Waals surface area contributed by atoms with Crippen LogP contribution in [0.5, 0.6) is 0 Å². The molecule has 6 nitrogen and oxygen atoms in total. The highest BCUT2D eigenvalue weighted by atomic mass is 79.9. The summed E-state index contributed by atoms with van der Waals surface area (Å²) in [5.74, 6) is -1.34. The average Bonchev–Trinajstić information content (AvgIpc) is 2.49. The van der Waals surface area contributed by atoms with Crippen LogP contribution in [0.1, 0.15) is 19.3 Å². The SMILES string of the molecule is O=C(O)N1CCC(CCNc2ccc(Br)cc2F)(C(=O)O)CC1. The summed E-state index contributed by atoms with van der Waals surface area (Å²) < 4.78 is 14.4. The van der Waals surface area contributed by atoms with E-state index in [2.05, 4.69) is 21.2 Å². The fraction of sp³-hybridized carbons (Fsp3) is 0.467. The minimum atomic E-state index is -1.03. The van der Waals surface area contributed by atoms with Gasteiger partial charge in [-0.3, -0.25) is 4.79 Å². The molecule has 126 valence electrons. The Labute approximate surface area is 141 Å². The Morgan fingerprint density at radius 1 is 1.30 bits per heavy atom. The summed E-state index contributed by atoms with van der Waals surface area (Å²) in [5.41, 5.74) is -0.651. The lowest BCUT2D eigenvalue weighted by Crippen LogP contribution is -2.46. The van der Waals surface area contributed by atoms with Gasteiger partial charge in [0.15, 0.2) is 0 Å². The van der Waals surface area contributed by atoms with Gasteiger partial charge in [0.1, 0.15) is 5.82 Å². The number of benzene rings is 1. The van der Waals surface area contributed by atoms with Crippen molar-refractivity contribution >= 4 is 33.7 Å². The molecule has 0 unspecified atom stereocenters. The number of halogens is 2. The predicted octanol–water partition coefficient (Wildman–Crippen LogP) is 3.24. The molecular weight excluding hydrogens is 371 g/mol. The summed E-state index contributed by atoms with van der Waals surface area (Å²) in [5, 5.41) is 21.4. The second kappa shape index (κ2) is 7.16. The molecular formula is C15H18BrFN2O4. The fourth-order valence-electron chi connectivity index (χ4n) is 2.77. The van der Waals surface area contributed by atoms with E-state index in [1.807, 2.05) is 0 Å². The monoisotopic (exact) mass is 388 g/mol. The molecule has 0 aromatic heterocycles. The fourth-order valence-corrected chi connectivity index (χ4v) is 3.10. The van der Waals surface area contributed by atoms with Gasteiger partial charge in [-0.1, -0.05) is 15.9 Å². The first kappa shape index (κ1) is 17.5. The Kier molecular flexibility index (Phi) is 5.46. The van der Waals surface area contributed by atoms with E-state index in [0.29, 0.717) is 23.1 Å². The van der Waals surface area contributed by atoms with Crippen LogP contribution in [0.25, 0.3) is 0 Å². The van der Waals surface area contributed by atoms with Gasteiger partial charge in [-0.25, -0.2) is 9.18 Å². The number of likely N-dealkylation sites (tertiary alicyclic amines) is 1. The highest BCUT2D eigenvalue weighted by molar-refractivity contribution is 9.10. The summed E-state index contributed by atoms with van der Waals surface area (Å²) in [6.07, 6.45) is -0.192. The van der Waals surface area contributed by atoms with Crippen molar-refractivity contribution in [1.82, 2.24) is 4.90 Å². The number of carboxylic acids is 1. The summed E-state index contributed by atoms with van der Waals surface area (Å²) >= 11 is 3.17. The zero-order chi connectivity index (χ0) is 17.0. The molecule has 1 fully saturated rings. The molecule has 0 bridgehead atoms. The van der Waals surface area contributed by atoms with Crippen LogP contribution < -0.4 is 5.32 Å². The van der Waals surface area contributed by atoms with Crippen molar-refractivity contribution in [2.75, 3.05) is 25.0 Å². The number of piperidine rings is 1. The lowest BCUT2D eigenvalue weighted by molar-refractivity contribution is -0.152. The first-order valence-corrected chi connectivity index (χ1v) is 8.03. The van der Waals surface area contributed by atoms with Gasteiger partial charge in [0.2, 0.25) is 0 Å². The minimum absolute atomic E-state index is 0.203. The van der Waals surface area contributed by atoms with E-state index in [4.69, 9.17) is 5.11 Å². The van der Waals surface area contributed by atoms with Crippen molar-refractivity contribution in [2.45, 2.75) is 19.3 Å². The lowest BCUT2D eigenvalue weighted by atomic mass is 9.75. The largest absolute Gasteiger partial charge is 0.481 e. The topological polar surface area (TPSA) is 89.9 Å². The minimum Gasteiger partial charge on any atom is -0.481 e. The highest BCUT2D eigenvalue weighted by Gasteiger charge is 2.42. The molecule has 0 atom stereocenters. The molecule has 0 spiro atoms. The van der Waals surface area contributed by atoms with Crippen molar-refractivity contribution in [3.05, 3.63) is 28.5 Å². The summed E-state index contributed by atoms with van der Waals surface area (Å²) in [7, 11) is 0. The maximum Gasteiger partial charge on any atom is 0.407 e. The summed E-state index contributed by atoms with van der Waals surface area (Å²) in [6.45, 7) is 0.709. The number of rotatable bonds is 5. The van der Waals surface area contributed by atoms with Crippen molar-refractivity contribution in [2.24, 2.45) is 5.41 Å². The first-order valence-electron chi connectivity index (χ1n) is 7.24. The molecule has 1 saturated heterocycles. The van der Waals surface area contributed by atoms with Crippen LogP contribution in [-0.4, -0.2) is 46.8 Å². The molecule has 0 saturated carbocycles. The molecule has 0 radical (unpaired) electrons. The number of nitrogens with one attached hydrogen (secondary N) is 1. The van der Waals surface area contributed by atoms with Crippen LogP contribution in [0.2, 0.25) is 0 Å². The Balaban J connectivity index is 1.96. The number of carboxylic acid groups (broad SMARTS) is 2. The Morgan fingerprint density at radius 3 is 2.48 bits per heavy atom. The number of amides is 1. The second-order valence-electron chi connectivity index (χ2n) is 5.66. The van der Waals surface area contributed by atoms with Gasteiger partial charge in [0.05, 0.1) is 11.1 Å². The number of hydrogen-bond acceptors (Lipinski definition) is 3. The third-order valence-corrected chi connectivity index (χ3v) is 4.79. The Hall–Kier alpha value is -1.83. The van der Waals surface area contributed by atoms with Crippen molar-refractivity contribution < 1.29 is 24.2 Å². The summed E-state index contributed by atoms with van der Waals surface area (Å²) in [4.78, 5) is 23.8. The van der Waals surface area contributed by atoms with E-state index < -0.39 is 23.3 Å².